The SMILES string of the molecule is CC(C)[C@@H]1CC[C@@H](C(C)C)P1[C]1[CH][CH][CH][CH]1.CC(C)[C@@H]1CC[C@@H](C(C)C)P1[C]1[CH][CH][CH][CH]1.O=C(O)C(F)(F)F.[Fe+2].[Ru+2]. The molecule has 4 aliphatic rings. The van der Waals surface area contributed by atoms with Gasteiger partial charge in [-0.2, -0.15) is 13.2 Å². The molecule has 2 aliphatic heterocycles. The molecule has 232 valence electrons. The third-order valence-corrected chi connectivity index (χ3v) is 16.2. The van der Waals surface area contributed by atoms with E-state index in [0.29, 0.717) is 0 Å². The quantitative estimate of drug-likeness (QED) is 0.218. The number of halogens is 3. The molecule has 2 saturated heterocycles. The molecule has 0 aromatic heterocycles. The van der Waals surface area contributed by atoms with E-state index >= 15 is 0 Å². The second-order valence-corrected chi connectivity index (χ2v) is 17.6. The average molecular weight is 742 g/mol. The maximum Gasteiger partial charge on any atom is 2.00 e. The topological polar surface area (TPSA) is 37.3 Å². The van der Waals surface area contributed by atoms with Crippen molar-refractivity contribution in [3.8, 4) is 0 Å². The van der Waals surface area contributed by atoms with Crippen LogP contribution in [0.1, 0.15) is 81.1 Å². The number of hydrogen-bond donors (Lipinski definition) is 1. The van der Waals surface area contributed by atoms with Gasteiger partial charge < -0.3 is 5.11 Å². The summed E-state index contributed by atoms with van der Waals surface area (Å²) in [6.45, 7) is 19.3. The number of carbonyl (C=O) groups is 1. The van der Waals surface area contributed by atoms with E-state index in [1.54, 1.807) is 11.3 Å². The second kappa shape index (κ2) is 19.7. The largest absolute Gasteiger partial charge is 2.00 e. The van der Waals surface area contributed by atoms with Crippen molar-refractivity contribution in [3.05, 3.63) is 62.7 Å². The first kappa shape index (κ1) is 42.3. The molecule has 4 fully saturated rings. The fourth-order valence-corrected chi connectivity index (χ4v) is 14.0. The smallest absolute Gasteiger partial charge is 0.475 e. The maximum atomic E-state index is 10.6. The summed E-state index contributed by atoms with van der Waals surface area (Å²) in [5.41, 5.74) is 7.17. The van der Waals surface area contributed by atoms with Gasteiger partial charge in [0.15, 0.2) is 0 Å². The zero-order chi connectivity index (χ0) is 29.5. The molecule has 0 aromatic rings. The summed E-state index contributed by atoms with van der Waals surface area (Å²) < 4.78 is 31.7. The third-order valence-electron chi connectivity index (χ3n) is 8.15. The number of aliphatic carboxylic acids is 1. The van der Waals surface area contributed by atoms with E-state index in [4.69, 9.17) is 9.90 Å². The van der Waals surface area contributed by atoms with Gasteiger partial charge in [0.25, 0.3) is 0 Å². The Morgan fingerprint density at radius 1 is 0.659 bits per heavy atom. The summed E-state index contributed by atoms with van der Waals surface area (Å²) >= 11 is 0. The van der Waals surface area contributed by atoms with Crippen LogP contribution < -0.4 is 0 Å². The maximum absolute atomic E-state index is 10.6. The molecule has 2 heterocycles. The van der Waals surface area contributed by atoms with Gasteiger partial charge in [-0.15, -0.1) is 0 Å². The van der Waals surface area contributed by atoms with Crippen LogP contribution in [0.4, 0.5) is 13.2 Å². The predicted molar refractivity (Wildman–Crippen MR) is 161 cm³/mol. The number of carboxylic acid groups (broad SMARTS) is 1. The summed E-state index contributed by atoms with van der Waals surface area (Å²) in [5, 5.41) is 7.12. The zero-order valence-electron chi connectivity index (χ0n) is 25.7. The number of hydrogen-bond acceptors (Lipinski definition) is 1. The van der Waals surface area contributed by atoms with Gasteiger partial charge >= 0.3 is 48.7 Å². The van der Waals surface area contributed by atoms with Crippen molar-refractivity contribution in [1.29, 1.82) is 0 Å². The van der Waals surface area contributed by atoms with E-state index in [2.05, 4.69) is 107 Å². The molecule has 0 aromatic carbocycles. The molecule has 10 radical (unpaired) electrons. The van der Waals surface area contributed by atoms with Crippen LogP contribution in [0.2, 0.25) is 0 Å². The van der Waals surface area contributed by atoms with Gasteiger partial charge in [-0.3, -0.25) is 0 Å². The standard InChI is InChI=1S/2C15H24P.C2HF3O2.Fe.Ru/c2*1-11(2)14-9-10-15(12(3)4)16(14)13-7-5-6-8-13;3-2(4,5)1(6)7;;/h2*5-8,11-12,14-15H,9-10H2,1-4H3;(H,6,7);;/q;;;2*+2/t2*14-,15-;;;/m00.../s1. The van der Waals surface area contributed by atoms with Crippen LogP contribution in [0, 0.1) is 86.4 Å². The summed E-state index contributed by atoms with van der Waals surface area (Å²) in [4.78, 5) is 8.90. The van der Waals surface area contributed by atoms with Crippen LogP contribution in [-0.4, -0.2) is 39.9 Å². The van der Waals surface area contributed by atoms with E-state index in [-0.39, 0.29) is 52.4 Å². The molecule has 2 nitrogen and oxygen atoms in total. The van der Waals surface area contributed by atoms with Crippen LogP contribution in [0.5, 0.6) is 0 Å². The normalized spacial score (nSPS) is 28.0. The number of carboxylic acids is 1. The van der Waals surface area contributed by atoms with Crippen molar-refractivity contribution < 1.29 is 59.6 Å². The molecule has 0 amide bonds. The Labute approximate surface area is 276 Å². The fourth-order valence-electron chi connectivity index (χ4n) is 6.19. The Balaban J connectivity index is 0.000000615. The first-order chi connectivity index (χ1) is 18.2. The fraction of sp³-hybridized carbons (Fsp3) is 0.656. The van der Waals surface area contributed by atoms with Crippen LogP contribution in [-0.2, 0) is 41.3 Å². The number of alkyl halides is 3. The average Bonchev–Trinajstić information content (AvgIpc) is 3.64. The van der Waals surface area contributed by atoms with Gasteiger partial charge in [0.05, 0.1) is 0 Å². The second-order valence-electron chi connectivity index (χ2n) is 12.3. The summed E-state index contributed by atoms with van der Waals surface area (Å²) in [6, 6.07) is 0. The zero-order valence-corrected chi connectivity index (χ0v) is 30.3. The van der Waals surface area contributed by atoms with E-state index < -0.39 is 12.1 Å². The van der Waals surface area contributed by atoms with Gasteiger partial charge in [0.2, 0.25) is 0 Å². The Morgan fingerprint density at radius 3 is 1.00 bits per heavy atom. The van der Waals surface area contributed by atoms with Crippen molar-refractivity contribution in [2.24, 2.45) is 23.7 Å². The van der Waals surface area contributed by atoms with E-state index in [1.165, 1.54) is 25.7 Å². The van der Waals surface area contributed by atoms with Crippen LogP contribution in [0.3, 0.4) is 0 Å². The molecule has 1 N–H and O–H groups in total. The summed E-state index contributed by atoms with van der Waals surface area (Å²) in [7, 11) is 0.182. The molecule has 4 rings (SSSR count). The first-order valence-electron chi connectivity index (χ1n) is 14.5. The molecule has 9 heteroatoms. The number of rotatable bonds is 6. The Kier molecular flexibility index (Phi) is 20.3. The van der Waals surface area contributed by atoms with Crippen LogP contribution in [0.25, 0.3) is 0 Å². The molecule has 41 heavy (non-hydrogen) atoms. The van der Waals surface area contributed by atoms with Gasteiger partial charge in [-0.25, -0.2) is 4.79 Å². The van der Waals surface area contributed by atoms with Gasteiger partial charge in [-0.1, -0.05) is 71.2 Å². The molecular formula is C32H49F3FeO2P2Ru+4. The van der Waals surface area contributed by atoms with Crippen molar-refractivity contribution >= 4 is 21.8 Å². The molecular weight excluding hydrogens is 692 g/mol. The van der Waals surface area contributed by atoms with Crippen molar-refractivity contribution in [2.45, 2.75) is 110 Å². The molecule has 0 spiro atoms. The van der Waals surface area contributed by atoms with Crippen molar-refractivity contribution in [1.82, 2.24) is 0 Å². The Morgan fingerprint density at radius 2 is 0.854 bits per heavy atom. The van der Waals surface area contributed by atoms with Crippen LogP contribution >= 0.6 is 15.8 Å². The van der Waals surface area contributed by atoms with Crippen molar-refractivity contribution in [3.63, 3.8) is 0 Å². The van der Waals surface area contributed by atoms with E-state index in [0.717, 1.165) is 46.3 Å². The molecule has 4 atom stereocenters. The molecule has 2 aliphatic carbocycles. The minimum atomic E-state index is -5.08. The first-order valence-corrected chi connectivity index (χ1v) is 17.4. The summed E-state index contributed by atoms with van der Waals surface area (Å²) in [6.07, 6.45) is 19.0. The van der Waals surface area contributed by atoms with Crippen molar-refractivity contribution in [2.75, 3.05) is 0 Å². The van der Waals surface area contributed by atoms with Gasteiger partial charge in [-0.05, 0) is 123 Å². The summed E-state index contributed by atoms with van der Waals surface area (Å²) in [5.74, 6) is 0.650. The molecule has 2 saturated carbocycles. The van der Waals surface area contributed by atoms with Gasteiger partial charge in [0, 0.05) is 11.3 Å². The minimum absolute atomic E-state index is 0. The van der Waals surface area contributed by atoms with E-state index in [1.807, 2.05) is 0 Å². The Bertz CT molecular complexity index is 646. The Hall–Kier alpha value is 1.26. The third kappa shape index (κ3) is 12.5. The van der Waals surface area contributed by atoms with Gasteiger partial charge in [0.1, 0.15) is 0 Å². The van der Waals surface area contributed by atoms with E-state index in [9.17, 15) is 13.2 Å². The molecule has 0 bridgehead atoms. The molecule has 0 unspecified atom stereocenters. The minimum Gasteiger partial charge on any atom is -0.475 e. The monoisotopic (exact) mass is 742 g/mol. The predicted octanol–water partition coefficient (Wildman–Crippen LogP) is 9.98. The van der Waals surface area contributed by atoms with Crippen LogP contribution in [0.15, 0.2) is 0 Å².